The Bertz CT molecular complexity index is 181. The summed E-state index contributed by atoms with van der Waals surface area (Å²) in [4.78, 5) is 0. The molecule has 0 spiro atoms. The van der Waals surface area contributed by atoms with Crippen molar-refractivity contribution < 1.29 is 10.2 Å². The Kier molecular flexibility index (Phi) is 1.92. The normalized spacial score (nSPS) is 51.8. The highest BCUT2D eigenvalue weighted by Gasteiger charge is 2.55. The second-order valence-electron chi connectivity index (χ2n) is 4.50. The van der Waals surface area contributed by atoms with Crippen molar-refractivity contribution in [2.24, 2.45) is 11.8 Å². The maximum Gasteiger partial charge on any atom is 0.0911 e. The van der Waals surface area contributed by atoms with Crippen LogP contribution in [-0.2, 0) is 0 Å². The molecule has 0 saturated heterocycles. The molecule has 2 bridgehead atoms. The molecule has 0 aromatic carbocycles. The van der Waals surface area contributed by atoms with Gasteiger partial charge in [0.2, 0.25) is 0 Å². The van der Waals surface area contributed by atoms with E-state index in [-0.39, 0.29) is 0 Å². The van der Waals surface area contributed by atoms with Crippen LogP contribution in [0.15, 0.2) is 0 Å². The van der Waals surface area contributed by atoms with Gasteiger partial charge in [0.25, 0.3) is 0 Å². The van der Waals surface area contributed by atoms with Gasteiger partial charge in [-0.3, -0.25) is 0 Å². The van der Waals surface area contributed by atoms with E-state index < -0.39 is 11.7 Å². The Morgan fingerprint density at radius 1 is 1.50 bits per heavy atom. The van der Waals surface area contributed by atoms with E-state index in [1.54, 1.807) is 0 Å². The highest BCUT2D eigenvalue weighted by atomic mass is 16.3. The van der Waals surface area contributed by atoms with Crippen LogP contribution in [0.1, 0.15) is 39.0 Å². The van der Waals surface area contributed by atoms with E-state index in [4.69, 9.17) is 0 Å². The minimum absolute atomic E-state index is 0.383. The van der Waals surface area contributed by atoms with Gasteiger partial charge < -0.3 is 10.2 Å². The van der Waals surface area contributed by atoms with Crippen molar-refractivity contribution in [3.8, 4) is 0 Å². The lowest BCUT2D eigenvalue weighted by molar-refractivity contribution is -0.0788. The lowest BCUT2D eigenvalue weighted by Gasteiger charge is -2.31. The van der Waals surface area contributed by atoms with E-state index in [1.807, 2.05) is 0 Å². The maximum absolute atomic E-state index is 9.96. The molecule has 2 aliphatic rings. The molecule has 4 unspecified atom stereocenters. The molecule has 0 amide bonds. The summed E-state index contributed by atoms with van der Waals surface area (Å²) in [7, 11) is 0. The molecule has 0 aromatic heterocycles. The van der Waals surface area contributed by atoms with Gasteiger partial charge in [0, 0.05) is 0 Å². The summed E-state index contributed by atoms with van der Waals surface area (Å²) in [6, 6.07) is 0. The summed E-state index contributed by atoms with van der Waals surface area (Å²) >= 11 is 0. The fraction of sp³-hybridized carbons (Fsp3) is 1.00. The van der Waals surface area contributed by atoms with Gasteiger partial charge in [-0.15, -0.1) is 0 Å². The summed E-state index contributed by atoms with van der Waals surface area (Å²) in [5.74, 6) is 0.985. The minimum atomic E-state index is -0.704. The van der Waals surface area contributed by atoms with Crippen molar-refractivity contribution >= 4 is 0 Å². The summed E-state index contributed by atoms with van der Waals surface area (Å²) in [6.45, 7) is 2.14. The zero-order valence-electron chi connectivity index (χ0n) is 7.66. The zero-order chi connectivity index (χ0) is 8.77. The summed E-state index contributed by atoms with van der Waals surface area (Å²) in [5, 5.41) is 19.8. The Morgan fingerprint density at radius 3 is 2.75 bits per heavy atom. The number of hydrogen-bond acceptors (Lipinski definition) is 2. The number of aliphatic hydroxyl groups is 2. The van der Waals surface area contributed by atoms with Gasteiger partial charge in [-0.25, -0.2) is 0 Å². The average Bonchev–Trinajstić information content (AvgIpc) is 2.51. The van der Waals surface area contributed by atoms with Crippen molar-refractivity contribution in [2.75, 3.05) is 0 Å². The molecule has 2 rings (SSSR count). The first-order chi connectivity index (χ1) is 5.67. The number of hydrogen-bond donors (Lipinski definition) is 2. The highest BCUT2D eigenvalue weighted by molar-refractivity contribution is 5.07. The lowest BCUT2D eigenvalue weighted by Crippen LogP contribution is -2.41. The largest absolute Gasteiger partial charge is 0.390 e. The van der Waals surface area contributed by atoms with Gasteiger partial charge in [-0.05, 0) is 37.5 Å². The van der Waals surface area contributed by atoms with Gasteiger partial charge in [0.05, 0.1) is 11.7 Å². The van der Waals surface area contributed by atoms with Crippen molar-refractivity contribution in [1.82, 2.24) is 0 Å². The third-order valence-electron chi connectivity index (χ3n) is 3.75. The zero-order valence-corrected chi connectivity index (χ0v) is 7.66. The number of fused-ring (bicyclic) bond motifs is 2. The Balaban J connectivity index is 2.10. The molecule has 0 aromatic rings. The average molecular weight is 170 g/mol. The quantitative estimate of drug-likeness (QED) is 0.656. The molecule has 0 aliphatic heterocycles. The highest BCUT2D eigenvalue weighted by Crippen LogP contribution is 2.52. The molecule has 2 aliphatic carbocycles. The van der Waals surface area contributed by atoms with Gasteiger partial charge in [-0.2, -0.15) is 0 Å². The van der Waals surface area contributed by atoms with Gasteiger partial charge in [0.15, 0.2) is 0 Å². The van der Waals surface area contributed by atoms with Crippen LogP contribution in [0.2, 0.25) is 0 Å². The van der Waals surface area contributed by atoms with Crippen molar-refractivity contribution in [3.63, 3.8) is 0 Å². The lowest BCUT2D eigenvalue weighted by atomic mass is 9.82. The van der Waals surface area contributed by atoms with E-state index in [0.29, 0.717) is 11.8 Å². The predicted octanol–water partition coefficient (Wildman–Crippen LogP) is 1.31. The number of aliphatic hydroxyl groups excluding tert-OH is 1. The molecule has 0 radical (unpaired) electrons. The van der Waals surface area contributed by atoms with Crippen LogP contribution in [-0.4, -0.2) is 21.9 Å². The van der Waals surface area contributed by atoms with Crippen LogP contribution in [0, 0.1) is 11.8 Å². The smallest absolute Gasteiger partial charge is 0.0911 e. The maximum atomic E-state index is 9.96. The molecule has 4 atom stereocenters. The summed E-state index contributed by atoms with van der Waals surface area (Å²) in [6.07, 6.45) is 4.55. The van der Waals surface area contributed by atoms with Crippen molar-refractivity contribution in [2.45, 2.75) is 50.7 Å². The standard InChI is InChI=1S/C10H18O2/c1-2-3-8-7-4-5-10(12,6-7)9(8)11/h7-9,11-12H,2-6H2,1H3. The summed E-state index contributed by atoms with van der Waals surface area (Å²) in [5.41, 5.74) is -0.704. The van der Waals surface area contributed by atoms with Crippen molar-refractivity contribution in [3.05, 3.63) is 0 Å². The Morgan fingerprint density at radius 2 is 2.25 bits per heavy atom. The molecule has 2 fully saturated rings. The number of rotatable bonds is 2. The second-order valence-corrected chi connectivity index (χ2v) is 4.50. The van der Waals surface area contributed by atoms with Crippen LogP contribution in [0.25, 0.3) is 0 Å². The molecular weight excluding hydrogens is 152 g/mol. The van der Waals surface area contributed by atoms with Crippen LogP contribution < -0.4 is 0 Å². The molecule has 70 valence electrons. The first-order valence-corrected chi connectivity index (χ1v) is 5.08. The predicted molar refractivity (Wildman–Crippen MR) is 46.7 cm³/mol. The fourth-order valence-electron chi connectivity index (χ4n) is 3.11. The third-order valence-corrected chi connectivity index (χ3v) is 3.75. The molecule has 2 N–H and O–H groups in total. The van der Waals surface area contributed by atoms with E-state index in [9.17, 15) is 10.2 Å². The monoisotopic (exact) mass is 170 g/mol. The minimum Gasteiger partial charge on any atom is -0.390 e. The Hall–Kier alpha value is -0.0800. The second kappa shape index (κ2) is 2.71. The fourth-order valence-corrected chi connectivity index (χ4v) is 3.11. The van der Waals surface area contributed by atoms with Gasteiger partial charge >= 0.3 is 0 Å². The third kappa shape index (κ3) is 1.01. The molecule has 2 saturated carbocycles. The summed E-state index contributed by atoms with van der Waals surface area (Å²) < 4.78 is 0. The van der Waals surface area contributed by atoms with Gasteiger partial charge in [-0.1, -0.05) is 13.3 Å². The van der Waals surface area contributed by atoms with Crippen molar-refractivity contribution in [1.29, 1.82) is 0 Å². The van der Waals surface area contributed by atoms with Gasteiger partial charge in [0.1, 0.15) is 0 Å². The Labute approximate surface area is 73.6 Å². The van der Waals surface area contributed by atoms with Crippen LogP contribution >= 0.6 is 0 Å². The molecule has 2 nitrogen and oxygen atoms in total. The van der Waals surface area contributed by atoms with E-state index in [2.05, 4.69) is 6.92 Å². The molecular formula is C10H18O2. The molecule has 2 heteroatoms. The van der Waals surface area contributed by atoms with E-state index in [0.717, 1.165) is 32.1 Å². The molecule has 0 heterocycles. The van der Waals surface area contributed by atoms with Crippen LogP contribution in [0.5, 0.6) is 0 Å². The first kappa shape index (κ1) is 8.52. The van der Waals surface area contributed by atoms with Crippen LogP contribution in [0.4, 0.5) is 0 Å². The van der Waals surface area contributed by atoms with E-state index >= 15 is 0 Å². The topological polar surface area (TPSA) is 40.5 Å². The van der Waals surface area contributed by atoms with Crippen LogP contribution in [0.3, 0.4) is 0 Å². The molecule has 12 heavy (non-hydrogen) atoms. The first-order valence-electron chi connectivity index (χ1n) is 5.08. The SMILES string of the molecule is CCCC1C2CCC(O)(C2)C1O. The van der Waals surface area contributed by atoms with E-state index in [1.165, 1.54) is 0 Å².